The van der Waals surface area contributed by atoms with Gasteiger partial charge in [0.25, 0.3) is 5.91 Å². The van der Waals surface area contributed by atoms with Gasteiger partial charge in [-0.3, -0.25) is 9.48 Å². The number of hydrogen-bond donors (Lipinski definition) is 1. The van der Waals surface area contributed by atoms with Crippen molar-refractivity contribution >= 4 is 12.1 Å². The van der Waals surface area contributed by atoms with Crippen molar-refractivity contribution < 1.29 is 14.3 Å². The minimum atomic E-state index is -0.745. The van der Waals surface area contributed by atoms with E-state index in [0.717, 1.165) is 17.0 Å². The number of rotatable bonds is 5. The van der Waals surface area contributed by atoms with Crippen LogP contribution < -0.4 is 14.9 Å². The quantitative estimate of drug-likeness (QED) is 0.537. The average Bonchev–Trinajstić information content (AvgIpc) is 3.01. The Bertz CT molecular complexity index is 1040. The third kappa shape index (κ3) is 4.13. The largest absolute Gasteiger partial charge is 0.485 e. The maximum absolute atomic E-state index is 12.4. The van der Waals surface area contributed by atoms with E-state index < -0.39 is 6.10 Å². The highest BCUT2D eigenvalue weighted by atomic mass is 16.6. The van der Waals surface area contributed by atoms with Crippen LogP contribution in [-0.2, 0) is 11.3 Å². The number of carbonyl (C=O) groups excluding carboxylic acids is 1. The highest BCUT2D eigenvalue weighted by Crippen LogP contribution is 2.30. The molecule has 29 heavy (non-hydrogen) atoms. The molecule has 1 aliphatic rings. The van der Waals surface area contributed by atoms with Gasteiger partial charge in [-0.25, -0.2) is 5.43 Å². The highest BCUT2D eigenvalue weighted by molar-refractivity contribution is 5.86. The molecule has 7 nitrogen and oxygen atoms in total. The van der Waals surface area contributed by atoms with Crippen LogP contribution in [0.5, 0.6) is 11.5 Å². The van der Waals surface area contributed by atoms with Crippen LogP contribution in [0.1, 0.15) is 22.5 Å². The van der Waals surface area contributed by atoms with Gasteiger partial charge in [-0.2, -0.15) is 10.2 Å². The lowest BCUT2D eigenvalue weighted by atomic mass is 10.2. The van der Waals surface area contributed by atoms with E-state index in [4.69, 9.17) is 9.47 Å². The van der Waals surface area contributed by atoms with E-state index in [1.807, 2.05) is 48.9 Å². The van der Waals surface area contributed by atoms with E-state index in [9.17, 15) is 4.79 Å². The fourth-order valence-electron chi connectivity index (χ4n) is 3.19. The molecule has 7 heteroatoms. The number of nitrogens with zero attached hydrogens (tertiary/aromatic N) is 3. The SMILES string of the molecule is Cc1nn(Cc2ccccc2)c(C)c1/C=N\NC(=O)[C@H]1COc2ccccc2O1. The van der Waals surface area contributed by atoms with Crippen LogP contribution in [0.15, 0.2) is 59.7 Å². The number of hydrazone groups is 1. The summed E-state index contributed by atoms with van der Waals surface area (Å²) in [5.41, 5.74) is 6.42. The van der Waals surface area contributed by atoms with Crippen molar-refractivity contribution in [1.29, 1.82) is 0 Å². The number of hydrogen-bond acceptors (Lipinski definition) is 5. The molecule has 2 aromatic carbocycles. The van der Waals surface area contributed by atoms with Crippen LogP contribution in [0.3, 0.4) is 0 Å². The van der Waals surface area contributed by atoms with Gasteiger partial charge in [0.05, 0.1) is 18.5 Å². The van der Waals surface area contributed by atoms with Crippen LogP contribution in [0.2, 0.25) is 0 Å². The molecule has 0 radical (unpaired) electrons. The van der Waals surface area contributed by atoms with Crippen LogP contribution in [-0.4, -0.2) is 34.6 Å². The van der Waals surface area contributed by atoms with Crippen molar-refractivity contribution in [1.82, 2.24) is 15.2 Å². The molecular formula is C22H22N4O3. The first-order chi connectivity index (χ1) is 14.1. The number of benzene rings is 2. The molecule has 0 saturated heterocycles. The Morgan fingerprint density at radius 3 is 2.69 bits per heavy atom. The fraction of sp³-hybridized carbons (Fsp3) is 0.227. The summed E-state index contributed by atoms with van der Waals surface area (Å²) in [7, 11) is 0. The van der Waals surface area contributed by atoms with Gasteiger partial charge in [0.15, 0.2) is 11.5 Å². The molecule has 4 rings (SSSR count). The fourth-order valence-corrected chi connectivity index (χ4v) is 3.19. The van der Waals surface area contributed by atoms with Crippen molar-refractivity contribution in [2.24, 2.45) is 5.10 Å². The number of aryl methyl sites for hydroxylation is 1. The van der Waals surface area contributed by atoms with Gasteiger partial charge in [0, 0.05) is 11.3 Å². The van der Waals surface area contributed by atoms with Crippen molar-refractivity contribution in [3.8, 4) is 11.5 Å². The number of amides is 1. The van der Waals surface area contributed by atoms with Gasteiger partial charge >= 0.3 is 0 Å². The lowest BCUT2D eigenvalue weighted by Gasteiger charge is -2.24. The number of fused-ring (bicyclic) bond motifs is 1. The van der Waals surface area contributed by atoms with Crippen molar-refractivity contribution in [3.63, 3.8) is 0 Å². The first kappa shape index (κ1) is 18.7. The van der Waals surface area contributed by atoms with Crippen molar-refractivity contribution in [2.75, 3.05) is 6.61 Å². The molecule has 1 aliphatic heterocycles. The highest BCUT2D eigenvalue weighted by Gasteiger charge is 2.27. The third-order valence-electron chi connectivity index (χ3n) is 4.78. The molecule has 3 aromatic rings. The van der Waals surface area contributed by atoms with Crippen molar-refractivity contribution in [2.45, 2.75) is 26.5 Å². The third-order valence-corrected chi connectivity index (χ3v) is 4.78. The average molecular weight is 390 g/mol. The molecule has 0 saturated carbocycles. The maximum atomic E-state index is 12.4. The first-order valence-electron chi connectivity index (χ1n) is 9.41. The normalized spacial score (nSPS) is 15.4. The summed E-state index contributed by atoms with van der Waals surface area (Å²) in [5.74, 6) is 0.830. The lowest BCUT2D eigenvalue weighted by Crippen LogP contribution is -2.42. The molecule has 0 unspecified atom stereocenters. The van der Waals surface area contributed by atoms with E-state index >= 15 is 0 Å². The van der Waals surface area contributed by atoms with Gasteiger partial charge in [-0.05, 0) is 31.5 Å². The van der Waals surface area contributed by atoms with Gasteiger partial charge in [-0.15, -0.1) is 0 Å². The minimum absolute atomic E-state index is 0.144. The van der Waals surface area contributed by atoms with Gasteiger partial charge < -0.3 is 9.47 Å². The Balaban J connectivity index is 1.40. The van der Waals surface area contributed by atoms with E-state index in [0.29, 0.717) is 18.0 Å². The molecule has 0 spiro atoms. The molecule has 0 fully saturated rings. The Labute approximate surface area is 169 Å². The van der Waals surface area contributed by atoms with Crippen LogP contribution in [0.4, 0.5) is 0 Å². The topological polar surface area (TPSA) is 77.7 Å². The number of carbonyl (C=O) groups is 1. The van der Waals surface area contributed by atoms with Gasteiger partial charge in [-0.1, -0.05) is 42.5 Å². The van der Waals surface area contributed by atoms with E-state index in [1.165, 1.54) is 5.56 Å². The second-order valence-corrected chi connectivity index (χ2v) is 6.83. The summed E-state index contributed by atoms with van der Waals surface area (Å²) < 4.78 is 13.2. The molecule has 2 heterocycles. The Hall–Kier alpha value is -3.61. The van der Waals surface area contributed by atoms with E-state index in [2.05, 4.69) is 27.8 Å². The number of ether oxygens (including phenoxy) is 2. The standard InChI is InChI=1S/C22H22N4O3/c1-15-18(16(2)26(25-15)13-17-8-4-3-5-9-17)12-23-24-22(27)21-14-28-19-10-6-7-11-20(19)29-21/h3-12,21H,13-14H2,1-2H3,(H,24,27)/b23-12-/t21-/m1/s1. The Morgan fingerprint density at radius 2 is 1.90 bits per heavy atom. The predicted molar refractivity (Wildman–Crippen MR) is 109 cm³/mol. The summed E-state index contributed by atoms with van der Waals surface area (Å²) in [6, 6.07) is 17.4. The zero-order chi connectivity index (χ0) is 20.2. The summed E-state index contributed by atoms with van der Waals surface area (Å²) in [6.07, 6.45) is 0.874. The first-order valence-corrected chi connectivity index (χ1v) is 9.41. The molecule has 148 valence electrons. The number of para-hydroxylation sites is 2. The molecule has 1 amide bonds. The van der Waals surface area contributed by atoms with Gasteiger partial charge in [0.2, 0.25) is 6.10 Å². The predicted octanol–water partition coefficient (Wildman–Crippen LogP) is 2.84. The van der Waals surface area contributed by atoms with E-state index in [-0.39, 0.29) is 12.5 Å². The number of aromatic nitrogens is 2. The van der Waals surface area contributed by atoms with Crippen molar-refractivity contribution in [3.05, 3.63) is 77.1 Å². The smallest absolute Gasteiger partial charge is 0.284 e. The summed E-state index contributed by atoms with van der Waals surface area (Å²) >= 11 is 0. The molecule has 1 aromatic heterocycles. The van der Waals surface area contributed by atoms with Gasteiger partial charge in [0.1, 0.15) is 6.61 Å². The summed E-state index contributed by atoms with van der Waals surface area (Å²) in [5, 5.41) is 8.69. The molecule has 1 atom stereocenters. The zero-order valence-corrected chi connectivity index (χ0v) is 16.3. The monoisotopic (exact) mass is 390 g/mol. The Kier molecular flexibility index (Phi) is 5.29. The molecule has 1 N–H and O–H groups in total. The number of nitrogens with one attached hydrogen (secondary N) is 1. The molecular weight excluding hydrogens is 368 g/mol. The minimum Gasteiger partial charge on any atom is -0.485 e. The second kappa shape index (κ2) is 8.18. The van der Waals surface area contributed by atoms with Crippen LogP contribution >= 0.6 is 0 Å². The summed E-state index contributed by atoms with van der Waals surface area (Å²) in [6.45, 7) is 4.74. The molecule has 0 aliphatic carbocycles. The molecule has 0 bridgehead atoms. The van der Waals surface area contributed by atoms with Crippen LogP contribution in [0.25, 0.3) is 0 Å². The van der Waals surface area contributed by atoms with Crippen LogP contribution in [0, 0.1) is 13.8 Å². The van der Waals surface area contributed by atoms with E-state index in [1.54, 1.807) is 18.3 Å². The zero-order valence-electron chi connectivity index (χ0n) is 16.3. The maximum Gasteiger partial charge on any atom is 0.284 e. The Morgan fingerprint density at radius 1 is 1.17 bits per heavy atom. The second-order valence-electron chi connectivity index (χ2n) is 6.83. The summed E-state index contributed by atoms with van der Waals surface area (Å²) in [4.78, 5) is 12.4. The lowest BCUT2D eigenvalue weighted by molar-refractivity contribution is -0.130.